The number of carboxylic acids is 1. The molecule has 21 heavy (non-hydrogen) atoms. The number of nitrogens with one attached hydrogen (secondary N) is 1. The number of rotatable bonds is 4. The number of carboxylic acid groups (broad SMARTS) is 1. The maximum atomic E-state index is 12.8. The Bertz CT molecular complexity index is 708. The van der Waals surface area contributed by atoms with Gasteiger partial charge in [0.25, 0.3) is 5.91 Å². The molecule has 1 heterocycles. The maximum absolute atomic E-state index is 12.8. The zero-order valence-corrected chi connectivity index (χ0v) is 11.6. The molecule has 0 unspecified atom stereocenters. The summed E-state index contributed by atoms with van der Waals surface area (Å²) in [5.41, 5.74) is 0.832. The highest BCUT2D eigenvalue weighted by Gasteiger charge is 2.32. The summed E-state index contributed by atoms with van der Waals surface area (Å²) in [6.45, 7) is 0. The van der Waals surface area contributed by atoms with Crippen LogP contribution in [0.15, 0.2) is 24.3 Å². The molecule has 0 atom stereocenters. The molecule has 0 spiro atoms. The minimum Gasteiger partial charge on any atom is -0.477 e. The van der Waals surface area contributed by atoms with Gasteiger partial charge in [-0.25, -0.2) is 14.2 Å². The van der Waals surface area contributed by atoms with Crippen molar-refractivity contribution in [3.05, 3.63) is 46.2 Å². The third kappa shape index (κ3) is 2.92. The lowest BCUT2D eigenvalue weighted by atomic mass is 10.2. The molecule has 1 aromatic heterocycles. The highest BCUT2D eigenvalue weighted by atomic mass is 32.1. The van der Waals surface area contributed by atoms with E-state index in [0.717, 1.165) is 24.2 Å². The van der Waals surface area contributed by atoms with Crippen molar-refractivity contribution in [3.63, 3.8) is 0 Å². The van der Waals surface area contributed by atoms with Gasteiger partial charge < -0.3 is 5.11 Å². The molecule has 1 aromatic carbocycles. The summed E-state index contributed by atoms with van der Waals surface area (Å²) < 4.78 is 12.8. The van der Waals surface area contributed by atoms with Gasteiger partial charge in [-0.1, -0.05) is 11.3 Å². The third-order valence-corrected chi connectivity index (χ3v) is 4.11. The molecule has 7 heteroatoms. The van der Waals surface area contributed by atoms with E-state index in [1.165, 1.54) is 24.3 Å². The molecule has 1 fully saturated rings. The van der Waals surface area contributed by atoms with Crippen molar-refractivity contribution in [2.24, 2.45) is 0 Å². The lowest BCUT2D eigenvalue weighted by molar-refractivity contribution is 0.0700. The van der Waals surface area contributed by atoms with Crippen molar-refractivity contribution < 1.29 is 19.1 Å². The molecule has 108 valence electrons. The first-order valence-corrected chi connectivity index (χ1v) is 7.17. The first-order valence-electron chi connectivity index (χ1n) is 6.35. The van der Waals surface area contributed by atoms with E-state index in [-0.39, 0.29) is 21.5 Å². The average Bonchev–Trinajstić information content (AvgIpc) is 3.20. The van der Waals surface area contributed by atoms with E-state index >= 15 is 0 Å². The lowest BCUT2D eigenvalue weighted by Gasteiger charge is -2.01. The highest BCUT2D eigenvalue weighted by Crippen LogP contribution is 2.43. The minimum absolute atomic E-state index is 0.173. The zero-order valence-electron chi connectivity index (χ0n) is 10.8. The second kappa shape index (κ2) is 5.25. The van der Waals surface area contributed by atoms with Crippen LogP contribution < -0.4 is 5.32 Å². The summed E-state index contributed by atoms with van der Waals surface area (Å²) in [5, 5.41) is 12.0. The number of thiazole rings is 1. The Morgan fingerprint density at radius 3 is 2.52 bits per heavy atom. The van der Waals surface area contributed by atoms with Crippen LogP contribution in [0.3, 0.4) is 0 Å². The van der Waals surface area contributed by atoms with E-state index in [0.29, 0.717) is 5.69 Å². The number of carbonyl (C=O) groups excluding carboxylic acids is 1. The van der Waals surface area contributed by atoms with Crippen molar-refractivity contribution >= 4 is 28.3 Å². The normalized spacial score (nSPS) is 14.0. The molecule has 1 saturated carbocycles. The molecular formula is C14H11FN2O3S. The lowest BCUT2D eigenvalue weighted by Crippen LogP contribution is -2.11. The monoisotopic (exact) mass is 306 g/mol. The SMILES string of the molecule is O=C(Nc1nc(C2CC2)c(C(=O)O)s1)c1ccc(F)cc1. The van der Waals surface area contributed by atoms with Crippen LogP contribution in [-0.4, -0.2) is 22.0 Å². The average molecular weight is 306 g/mol. The zero-order chi connectivity index (χ0) is 15.0. The first kappa shape index (κ1) is 13.7. The Labute approximate surface area is 123 Å². The van der Waals surface area contributed by atoms with Crippen LogP contribution >= 0.6 is 11.3 Å². The molecule has 5 nitrogen and oxygen atoms in total. The van der Waals surface area contributed by atoms with Gasteiger partial charge in [-0.2, -0.15) is 0 Å². The number of aromatic nitrogens is 1. The molecule has 3 rings (SSSR count). The number of carbonyl (C=O) groups is 2. The second-order valence-corrected chi connectivity index (χ2v) is 5.77. The van der Waals surface area contributed by atoms with Crippen LogP contribution in [0.1, 0.15) is 44.5 Å². The summed E-state index contributed by atoms with van der Waals surface area (Å²) in [6.07, 6.45) is 1.85. The van der Waals surface area contributed by atoms with Crippen molar-refractivity contribution in [2.45, 2.75) is 18.8 Å². The van der Waals surface area contributed by atoms with E-state index in [4.69, 9.17) is 5.11 Å². The molecule has 2 N–H and O–H groups in total. The number of halogens is 1. The van der Waals surface area contributed by atoms with E-state index in [2.05, 4.69) is 10.3 Å². The van der Waals surface area contributed by atoms with Gasteiger partial charge in [0.1, 0.15) is 10.7 Å². The van der Waals surface area contributed by atoms with E-state index < -0.39 is 17.7 Å². The van der Waals surface area contributed by atoms with Crippen LogP contribution in [-0.2, 0) is 0 Å². The molecule has 0 saturated heterocycles. The summed E-state index contributed by atoms with van der Waals surface area (Å²) in [5.74, 6) is -1.71. The Morgan fingerprint density at radius 2 is 1.95 bits per heavy atom. The largest absolute Gasteiger partial charge is 0.477 e. The van der Waals surface area contributed by atoms with Gasteiger partial charge in [-0.15, -0.1) is 0 Å². The van der Waals surface area contributed by atoms with Crippen LogP contribution in [0.25, 0.3) is 0 Å². The Hall–Kier alpha value is -2.28. The number of nitrogens with zero attached hydrogens (tertiary/aromatic N) is 1. The fourth-order valence-corrected chi connectivity index (χ4v) is 2.83. The van der Waals surface area contributed by atoms with Crippen molar-refractivity contribution in [1.29, 1.82) is 0 Å². The number of aromatic carboxylic acids is 1. The van der Waals surface area contributed by atoms with E-state index in [9.17, 15) is 14.0 Å². The van der Waals surface area contributed by atoms with E-state index in [1.54, 1.807) is 0 Å². The molecule has 1 amide bonds. The fourth-order valence-electron chi connectivity index (χ4n) is 1.94. The molecule has 2 aromatic rings. The standard InChI is InChI=1S/C14H11FN2O3S/c15-9-5-3-8(4-6-9)12(18)17-14-16-10(7-1-2-7)11(21-14)13(19)20/h3-7H,1-2H2,(H,19,20)(H,16,17,18). The fraction of sp³-hybridized carbons (Fsp3) is 0.214. The quantitative estimate of drug-likeness (QED) is 0.909. The molecule has 0 bridgehead atoms. The topological polar surface area (TPSA) is 79.3 Å². The van der Waals surface area contributed by atoms with Gasteiger partial charge in [0.05, 0.1) is 5.69 Å². The first-order chi connectivity index (χ1) is 10.0. The molecule has 1 aliphatic rings. The Balaban J connectivity index is 1.81. The van der Waals surface area contributed by atoms with Crippen LogP contribution in [0.5, 0.6) is 0 Å². The molecule has 0 radical (unpaired) electrons. The smallest absolute Gasteiger partial charge is 0.347 e. The number of anilines is 1. The number of hydrogen-bond donors (Lipinski definition) is 2. The second-order valence-electron chi connectivity index (χ2n) is 4.77. The number of amides is 1. The maximum Gasteiger partial charge on any atom is 0.347 e. The Morgan fingerprint density at radius 1 is 1.29 bits per heavy atom. The highest BCUT2D eigenvalue weighted by molar-refractivity contribution is 7.17. The van der Waals surface area contributed by atoms with Gasteiger partial charge >= 0.3 is 5.97 Å². The Kier molecular flexibility index (Phi) is 3.42. The van der Waals surface area contributed by atoms with Gasteiger partial charge in [-0.3, -0.25) is 10.1 Å². The third-order valence-electron chi connectivity index (χ3n) is 3.14. The van der Waals surface area contributed by atoms with Gasteiger partial charge in [0, 0.05) is 11.5 Å². The predicted molar refractivity (Wildman–Crippen MR) is 75.4 cm³/mol. The summed E-state index contributed by atoms with van der Waals surface area (Å²) in [6, 6.07) is 5.10. The van der Waals surface area contributed by atoms with Crippen LogP contribution in [0.2, 0.25) is 0 Å². The van der Waals surface area contributed by atoms with Crippen molar-refractivity contribution in [1.82, 2.24) is 4.98 Å². The van der Waals surface area contributed by atoms with Gasteiger partial charge in [-0.05, 0) is 37.1 Å². The summed E-state index contributed by atoms with van der Waals surface area (Å²) in [7, 11) is 0. The predicted octanol–water partition coefficient (Wildman–Crippen LogP) is 3.11. The minimum atomic E-state index is -1.03. The number of hydrogen-bond acceptors (Lipinski definition) is 4. The molecule has 0 aliphatic heterocycles. The van der Waals surface area contributed by atoms with Crippen molar-refractivity contribution in [2.75, 3.05) is 5.32 Å². The molecular weight excluding hydrogens is 295 g/mol. The summed E-state index contributed by atoms with van der Waals surface area (Å²) >= 11 is 0.945. The van der Waals surface area contributed by atoms with Crippen LogP contribution in [0, 0.1) is 5.82 Å². The van der Waals surface area contributed by atoms with Gasteiger partial charge in [0.15, 0.2) is 5.13 Å². The van der Waals surface area contributed by atoms with Crippen molar-refractivity contribution in [3.8, 4) is 0 Å². The van der Waals surface area contributed by atoms with Gasteiger partial charge in [0.2, 0.25) is 0 Å². The van der Waals surface area contributed by atoms with E-state index in [1.807, 2.05) is 0 Å². The molecule has 1 aliphatic carbocycles. The van der Waals surface area contributed by atoms with Crippen LogP contribution in [0.4, 0.5) is 9.52 Å². The summed E-state index contributed by atoms with van der Waals surface area (Å²) in [4.78, 5) is 27.5. The number of benzene rings is 1.